The van der Waals surface area contributed by atoms with Crippen LogP contribution in [0.3, 0.4) is 0 Å². The summed E-state index contributed by atoms with van der Waals surface area (Å²) in [6.07, 6.45) is 2.66. The number of aromatic nitrogens is 1. The van der Waals surface area contributed by atoms with Crippen molar-refractivity contribution >= 4 is 28.5 Å². The van der Waals surface area contributed by atoms with Crippen molar-refractivity contribution in [3.63, 3.8) is 0 Å². The van der Waals surface area contributed by atoms with Crippen LogP contribution in [0.15, 0.2) is 89.5 Å². The van der Waals surface area contributed by atoms with Gasteiger partial charge in [0.15, 0.2) is 0 Å². The summed E-state index contributed by atoms with van der Waals surface area (Å²) in [6.45, 7) is 0.0495. The Balaban J connectivity index is 1.12. The maximum atomic E-state index is 14.3. The van der Waals surface area contributed by atoms with Crippen molar-refractivity contribution in [2.45, 2.75) is 43.9 Å². The SMILES string of the molecule is Nc1ccc([C@H]2C[C@@H]2C(=O)CCc2cc3cc(-c4ccc(C(=O)N5CCC(F)(F)CC5)cc4)cc(-c4cccc(F)c4)c3o2)cn1. The zero-order valence-corrected chi connectivity index (χ0v) is 25.0. The summed E-state index contributed by atoms with van der Waals surface area (Å²) >= 11 is 0. The van der Waals surface area contributed by atoms with Gasteiger partial charge in [-0.15, -0.1) is 0 Å². The van der Waals surface area contributed by atoms with Crippen LogP contribution in [0.5, 0.6) is 0 Å². The van der Waals surface area contributed by atoms with Crippen LogP contribution in [0.2, 0.25) is 0 Å². The lowest BCUT2D eigenvalue weighted by atomic mass is 9.96. The number of nitrogen functional groups attached to an aromatic ring is 1. The van der Waals surface area contributed by atoms with Gasteiger partial charge in [-0.05, 0) is 83.1 Å². The number of nitrogens with two attached hydrogens (primary N) is 1. The Hall–Kier alpha value is -4.92. The second kappa shape index (κ2) is 11.8. The van der Waals surface area contributed by atoms with Crippen LogP contribution >= 0.6 is 0 Å². The Morgan fingerprint density at radius 3 is 2.43 bits per heavy atom. The van der Waals surface area contributed by atoms with Crippen molar-refractivity contribution in [1.29, 1.82) is 0 Å². The van der Waals surface area contributed by atoms with Gasteiger partial charge in [-0.2, -0.15) is 0 Å². The number of rotatable bonds is 8. The monoisotopic (exact) mass is 623 g/mol. The molecule has 0 radical (unpaired) electrons. The number of furan rings is 1. The summed E-state index contributed by atoms with van der Waals surface area (Å²) in [5.41, 5.74) is 10.8. The van der Waals surface area contributed by atoms with E-state index in [9.17, 15) is 22.8 Å². The highest BCUT2D eigenvalue weighted by Crippen LogP contribution is 2.48. The molecule has 3 heterocycles. The minimum atomic E-state index is -2.72. The molecule has 9 heteroatoms. The van der Waals surface area contributed by atoms with Crippen LogP contribution in [0.1, 0.15) is 53.3 Å². The summed E-state index contributed by atoms with van der Waals surface area (Å²) in [7, 11) is 0. The number of piperidine rings is 1. The van der Waals surface area contributed by atoms with E-state index in [0.29, 0.717) is 46.7 Å². The number of hydrogen-bond donors (Lipinski definition) is 1. The first-order valence-corrected chi connectivity index (χ1v) is 15.5. The van der Waals surface area contributed by atoms with Crippen LogP contribution < -0.4 is 5.73 Å². The molecule has 2 aromatic heterocycles. The molecule has 234 valence electrons. The predicted octanol–water partition coefficient (Wildman–Crippen LogP) is 8.06. The first-order chi connectivity index (χ1) is 22.1. The Labute approximate surface area is 264 Å². The van der Waals surface area contributed by atoms with E-state index in [-0.39, 0.29) is 55.3 Å². The molecule has 7 rings (SSSR count). The van der Waals surface area contributed by atoms with Crippen LogP contribution in [0.4, 0.5) is 19.0 Å². The number of carbonyl (C=O) groups excluding carboxylic acids is 2. The molecule has 3 aromatic carbocycles. The van der Waals surface area contributed by atoms with E-state index in [1.54, 1.807) is 30.5 Å². The fraction of sp³-hybridized carbons (Fsp3) is 0.270. The van der Waals surface area contributed by atoms with E-state index in [1.807, 2.05) is 42.5 Å². The summed E-state index contributed by atoms with van der Waals surface area (Å²) in [6, 6.07) is 22.9. The van der Waals surface area contributed by atoms with Crippen molar-refractivity contribution in [1.82, 2.24) is 9.88 Å². The van der Waals surface area contributed by atoms with Crippen molar-refractivity contribution in [3.05, 3.63) is 108 Å². The number of likely N-dealkylation sites (tertiary alicyclic amines) is 1. The molecule has 2 aliphatic rings. The quantitative estimate of drug-likeness (QED) is 0.189. The van der Waals surface area contributed by atoms with Crippen molar-refractivity contribution < 1.29 is 27.2 Å². The van der Waals surface area contributed by atoms with Crippen molar-refractivity contribution in [3.8, 4) is 22.3 Å². The van der Waals surface area contributed by atoms with Crippen molar-refractivity contribution in [2.24, 2.45) is 5.92 Å². The van der Waals surface area contributed by atoms with Crippen LogP contribution in [-0.2, 0) is 11.2 Å². The first-order valence-electron chi connectivity index (χ1n) is 15.5. The summed E-state index contributed by atoms with van der Waals surface area (Å²) in [5, 5.41) is 0.811. The number of carbonyl (C=O) groups is 2. The molecule has 1 amide bonds. The topological polar surface area (TPSA) is 89.4 Å². The highest BCUT2D eigenvalue weighted by atomic mass is 19.3. The zero-order valence-electron chi connectivity index (χ0n) is 25.0. The number of alkyl halides is 2. The summed E-state index contributed by atoms with van der Waals surface area (Å²) in [5.74, 6) is -1.93. The van der Waals surface area contributed by atoms with E-state index in [2.05, 4.69) is 4.98 Å². The van der Waals surface area contributed by atoms with E-state index in [0.717, 1.165) is 28.5 Å². The van der Waals surface area contributed by atoms with E-state index in [4.69, 9.17) is 10.2 Å². The number of ketones is 1. The third kappa shape index (κ3) is 6.14. The van der Waals surface area contributed by atoms with Gasteiger partial charge in [0.05, 0.1) is 0 Å². The Morgan fingerprint density at radius 1 is 0.935 bits per heavy atom. The number of anilines is 1. The molecule has 2 atom stereocenters. The van der Waals surface area contributed by atoms with Crippen molar-refractivity contribution in [2.75, 3.05) is 18.8 Å². The molecular weight excluding hydrogens is 591 g/mol. The third-order valence-corrected chi connectivity index (χ3v) is 9.11. The van der Waals surface area contributed by atoms with Gasteiger partial charge in [-0.3, -0.25) is 9.59 Å². The lowest BCUT2D eigenvalue weighted by molar-refractivity contribution is -0.120. The minimum Gasteiger partial charge on any atom is -0.460 e. The Morgan fingerprint density at radius 2 is 1.72 bits per heavy atom. The number of fused-ring (bicyclic) bond motifs is 1. The molecule has 2 fully saturated rings. The van der Waals surface area contributed by atoms with E-state index in [1.165, 1.54) is 17.0 Å². The maximum absolute atomic E-state index is 14.3. The number of amides is 1. The minimum absolute atomic E-state index is 0.0248. The lowest BCUT2D eigenvalue weighted by Gasteiger charge is -2.31. The molecule has 0 unspecified atom stereocenters. The molecule has 5 aromatic rings. The predicted molar refractivity (Wildman–Crippen MR) is 170 cm³/mol. The standard InChI is InChI=1S/C37H32F3N3O3/c38-28-3-1-2-24(17-28)31-19-26(22-4-6-23(7-5-22)36(45)43-14-12-37(39,40)13-15-43)16-27-18-29(46-35(27)31)9-10-33(44)32-20-30(32)25-8-11-34(41)42-21-25/h1-8,11,16-19,21,30,32H,9-10,12-15,20H2,(H2,41,42)/t30-,32+/m1/s1. The Bertz CT molecular complexity index is 1930. The second-order valence-electron chi connectivity index (χ2n) is 12.3. The number of Topliss-reactive ketones (excluding diaryl/α,β-unsaturated/α-hetero) is 1. The van der Waals surface area contributed by atoms with Crippen LogP contribution in [-0.4, -0.2) is 40.6 Å². The molecule has 2 N–H and O–H groups in total. The second-order valence-corrected chi connectivity index (χ2v) is 12.3. The van der Waals surface area contributed by atoms with Gasteiger partial charge >= 0.3 is 0 Å². The fourth-order valence-corrected chi connectivity index (χ4v) is 6.38. The maximum Gasteiger partial charge on any atom is 0.253 e. The number of pyridine rings is 1. The van der Waals surface area contributed by atoms with Gasteiger partial charge in [0.1, 0.15) is 28.8 Å². The molecule has 1 saturated heterocycles. The van der Waals surface area contributed by atoms with Crippen LogP contribution in [0, 0.1) is 11.7 Å². The molecule has 46 heavy (non-hydrogen) atoms. The van der Waals surface area contributed by atoms with Gasteiger partial charge < -0.3 is 15.1 Å². The number of nitrogens with zero attached hydrogens (tertiary/aromatic N) is 2. The smallest absolute Gasteiger partial charge is 0.253 e. The summed E-state index contributed by atoms with van der Waals surface area (Å²) < 4.78 is 47.8. The number of halogens is 3. The van der Waals surface area contributed by atoms with Crippen LogP contribution in [0.25, 0.3) is 33.2 Å². The van der Waals surface area contributed by atoms with Gasteiger partial charge in [0, 0.05) is 67.4 Å². The average Bonchev–Trinajstić information content (AvgIpc) is 3.75. The fourth-order valence-electron chi connectivity index (χ4n) is 6.38. The largest absolute Gasteiger partial charge is 0.460 e. The molecule has 1 aliphatic carbocycles. The lowest BCUT2D eigenvalue weighted by Crippen LogP contribution is -2.42. The molecule has 6 nitrogen and oxygen atoms in total. The van der Waals surface area contributed by atoms with E-state index < -0.39 is 5.92 Å². The Kier molecular flexibility index (Phi) is 7.63. The first kappa shape index (κ1) is 29.8. The number of hydrogen-bond acceptors (Lipinski definition) is 5. The number of aryl methyl sites for hydroxylation is 1. The molecule has 1 saturated carbocycles. The molecule has 1 aliphatic heterocycles. The highest BCUT2D eigenvalue weighted by molar-refractivity contribution is 5.98. The zero-order chi connectivity index (χ0) is 32.0. The summed E-state index contributed by atoms with van der Waals surface area (Å²) in [4.78, 5) is 31.6. The van der Waals surface area contributed by atoms with Gasteiger partial charge in [-0.1, -0.05) is 30.3 Å². The molecular formula is C37H32F3N3O3. The van der Waals surface area contributed by atoms with Gasteiger partial charge in [0.2, 0.25) is 0 Å². The third-order valence-electron chi connectivity index (χ3n) is 9.11. The highest BCUT2D eigenvalue weighted by Gasteiger charge is 2.43. The normalized spacial score (nSPS) is 18.9. The molecule has 0 spiro atoms. The van der Waals surface area contributed by atoms with E-state index >= 15 is 0 Å². The average molecular weight is 624 g/mol. The number of benzene rings is 3. The van der Waals surface area contributed by atoms with Gasteiger partial charge in [-0.25, -0.2) is 18.2 Å². The molecule has 0 bridgehead atoms. The van der Waals surface area contributed by atoms with Gasteiger partial charge in [0.25, 0.3) is 11.8 Å².